The van der Waals surface area contributed by atoms with E-state index < -0.39 is 0 Å². The molecule has 0 atom stereocenters. The van der Waals surface area contributed by atoms with Gasteiger partial charge in [0.15, 0.2) is 11.7 Å². The fourth-order valence-corrected chi connectivity index (χ4v) is 2.16. The number of aliphatic imine (C=N–C) groups is 1. The lowest BCUT2D eigenvalue weighted by Gasteiger charge is -2.21. The molecule has 0 unspecified atom stereocenters. The van der Waals surface area contributed by atoms with E-state index in [1.165, 1.54) is 0 Å². The Kier molecular flexibility index (Phi) is 6.66. The molecule has 2 aromatic rings. The van der Waals surface area contributed by atoms with Crippen molar-refractivity contribution in [2.45, 2.75) is 26.3 Å². The number of nitrogens with zero attached hydrogens (tertiary/aromatic N) is 3. The second kappa shape index (κ2) is 8.96. The molecule has 0 radical (unpaired) electrons. The summed E-state index contributed by atoms with van der Waals surface area (Å²) in [6.07, 6.45) is 0. The number of para-hydroxylation sites is 1. The highest BCUT2D eigenvalue weighted by Gasteiger charge is 2.10. The smallest absolute Gasteiger partial charge is 0.193 e. The molecule has 1 heterocycles. The Balaban J connectivity index is 1.77. The van der Waals surface area contributed by atoms with Gasteiger partial charge in [0, 0.05) is 20.2 Å². The van der Waals surface area contributed by atoms with Gasteiger partial charge in [0.05, 0.1) is 18.8 Å². The zero-order chi connectivity index (χ0) is 17.4. The van der Waals surface area contributed by atoms with Crippen molar-refractivity contribution in [1.29, 1.82) is 0 Å². The third kappa shape index (κ3) is 5.30. The van der Waals surface area contributed by atoms with Crippen molar-refractivity contribution in [3.63, 3.8) is 0 Å². The van der Waals surface area contributed by atoms with Gasteiger partial charge >= 0.3 is 0 Å². The predicted octanol–water partition coefficient (Wildman–Crippen LogP) is 2.88. The van der Waals surface area contributed by atoms with Crippen molar-refractivity contribution in [2.75, 3.05) is 27.2 Å². The van der Waals surface area contributed by atoms with Crippen LogP contribution in [-0.4, -0.2) is 43.3 Å². The van der Waals surface area contributed by atoms with Crippen LogP contribution in [0.3, 0.4) is 0 Å². The molecule has 0 fully saturated rings. The van der Waals surface area contributed by atoms with Crippen molar-refractivity contribution >= 4 is 5.96 Å². The molecule has 130 valence electrons. The minimum atomic E-state index is 0.361. The first-order valence-electron chi connectivity index (χ1n) is 8.15. The van der Waals surface area contributed by atoms with E-state index in [1.54, 1.807) is 7.05 Å². The molecular weight excluding hydrogens is 304 g/mol. The van der Waals surface area contributed by atoms with Crippen LogP contribution in [-0.2, 0) is 6.54 Å². The van der Waals surface area contributed by atoms with Crippen LogP contribution >= 0.6 is 0 Å². The van der Waals surface area contributed by atoms with Crippen LogP contribution in [0.2, 0.25) is 0 Å². The van der Waals surface area contributed by atoms with Gasteiger partial charge in [-0.25, -0.2) is 0 Å². The summed E-state index contributed by atoms with van der Waals surface area (Å²) in [5, 5.41) is 7.33. The standard InChI is InChI=1S/C18H26N4O2/c1-14(2)17-12-16(24-21-17)13-20-18(19-3)22(4)10-11-23-15-8-6-5-7-9-15/h5-9,12,14H,10-11,13H2,1-4H3,(H,19,20). The number of hydrogen-bond acceptors (Lipinski definition) is 4. The summed E-state index contributed by atoms with van der Waals surface area (Å²) >= 11 is 0. The third-order valence-corrected chi connectivity index (χ3v) is 3.60. The average molecular weight is 330 g/mol. The van der Waals surface area contributed by atoms with Gasteiger partial charge in [-0.15, -0.1) is 0 Å². The van der Waals surface area contributed by atoms with Crippen molar-refractivity contribution in [3.05, 3.63) is 47.9 Å². The molecular formula is C18H26N4O2. The molecule has 0 spiro atoms. The zero-order valence-electron chi connectivity index (χ0n) is 14.8. The van der Waals surface area contributed by atoms with Gasteiger partial charge < -0.3 is 19.5 Å². The summed E-state index contributed by atoms with van der Waals surface area (Å²) < 4.78 is 11.0. The number of rotatable bonds is 7. The molecule has 0 saturated heterocycles. The van der Waals surface area contributed by atoms with Gasteiger partial charge in [0.25, 0.3) is 0 Å². The number of benzene rings is 1. The van der Waals surface area contributed by atoms with Crippen molar-refractivity contribution in [1.82, 2.24) is 15.4 Å². The lowest BCUT2D eigenvalue weighted by atomic mass is 10.1. The van der Waals surface area contributed by atoms with E-state index in [1.807, 2.05) is 48.3 Å². The highest BCUT2D eigenvalue weighted by atomic mass is 16.5. The maximum Gasteiger partial charge on any atom is 0.193 e. The minimum Gasteiger partial charge on any atom is -0.492 e. The van der Waals surface area contributed by atoms with E-state index in [0.717, 1.165) is 29.7 Å². The topological polar surface area (TPSA) is 62.9 Å². The molecule has 0 aliphatic rings. The van der Waals surface area contributed by atoms with Crippen LogP contribution in [0.1, 0.15) is 31.2 Å². The summed E-state index contributed by atoms with van der Waals surface area (Å²) in [6, 6.07) is 11.8. The van der Waals surface area contributed by atoms with E-state index in [0.29, 0.717) is 19.1 Å². The highest BCUT2D eigenvalue weighted by Crippen LogP contribution is 2.13. The lowest BCUT2D eigenvalue weighted by Crippen LogP contribution is -2.40. The van der Waals surface area contributed by atoms with Gasteiger partial charge in [-0.3, -0.25) is 4.99 Å². The molecule has 0 aliphatic carbocycles. The van der Waals surface area contributed by atoms with E-state index in [4.69, 9.17) is 9.26 Å². The van der Waals surface area contributed by atoms with Crippen LogP contribution in [0.5, 0.6) is 5.75 Å². The van der Waals surface area contributed by atoms with Crippen molar-refractivity contribution in [2.24, 2.45) is 4.99 Å². The van der Waals surface area contributed by atoms with Gasteiger partial charge in [-0.1, -0.05) is 37.2 Å². The molecule has 6 heteroatoms. The van der Waals surface area contributed by atoms with Crippen LogP contribution < -0.4 is 10.1 Å². The molecule has 6 nitrogen and oxygen atoms in total. The summed E-state index contributed by atoms with van der Waals surface area (Å²) in [4.78, 5) is 6.30. The summed E-state index contributed by atoms with van der Waals surface area (Å²) in [5.41, 5.74) is 0.964. The average Bonchev–Trinajstić information content (AvgIpc) is 3.06. The number of aromatic nitrogens is 1. The predicted molar refractivity (Wildman–Crippen MR) is 95.4 cm³/mol. The van der Waals surface area contributed by atoms with E-state index in [-0.39, 0.29) is 0 Å². The second-order valence-electron chi connectivity index (χ2n) is 5.86. The molecule has 0 aliphatic heterocycles. The first kappa shape index (κ1) is 17.8. The van der Waals surface area contributed by atoms with Crippen LogP contribution in [0.4, 0.5) is 0 Å². The number of likely N-dealkylation sites (N-methyl/N-ethyl adjacent to an activating group) is 1. The molecule has 24 heavy (non-hydrogen) atoms. The molecule has 0 amide bonds. The van der Waals surface area contributed by atoms with Gasteiger partial charge in [0.1, 0.15) is 12.4 Å². The summed E-state index contributed by atoms with van der Waals surface area (Å²) in [7, 11) is 3.74. The number of hydrogen-bond donors (Lipinski definition) is 1. The van der Waals surface area contributed by atoms with Crippen molar-refractivity contribution < 1.29 is 9.26 Å². The normalized spacial score (nSPS) is 11.6. The molecule has 2 rings (SSSR count). The Bertz CT molecular complexity index is 637. The second-order valence-corrected chi connectivity index (χ2v) is 5.86. The van der Waals surface area contributed by atoms with Gasteiger partial charge in [-0.05, 0) is 18.1 Å². The van der Waals surface area contributed by atoms with Crippen LogP contribution in [0.15, 0.2) is 45.9 Å². The molecule has 1 aromatic carbocycles. The quantitative estimate of drug-likeness (QED) is 0.625. The third-order valence-electron chi connectivity index (χ3n) is 3.60. The summed E-state index contributed by atoms with van der Waals surface area (Å²) in [5.74, 6) is 2.82. The molecule has 1 N–H and O–H groups in total. The molecule has 0 saturated carbocycles. The molecule has 0 bridgehead atoms. The Morgan fingerprint density at radius 2 is 2.08 bits per heavy atom. The van der Waals surface area contributed by atoms with Crippen molar-refractivity contribution in [3.8, 4) is 5.75 Å². The minimum absolute atomic E-state index is 0.361. The number of ether oxygens (including phenoxy) is 1. The van der Waals surface area contributed by atoms with Gasteiger partial charge in [-0.2, -0.15) is 0 Å². The Morgan fingerprint density at radius 3 is 2.71 bits per heavy atom. The fourth-order valence-electron chi connectivity index (χ4n) is 2.16. The lowest BCUT2D eigenvalue weighted by molar-refractivity contribution is 0.280. The number of nitrogens with one attached hydrogen (secondary N) is 1. The highest BCUT2D eigenvalue weighted by molar-refractivity contribution is 5.79. The number of guanidine groups is 1. The first-order chi connectivity index (χ1) is 11.6. The monoisotopic (exact) mass is 330 g/mol. The Morgan fingerprint density at radius 1 is 1.33 bits per heavy atom. The summed E-state index contributed by atoms with van der Waals surface area (Å²) in [6.45, 7) is 6.04. The Hall–Kier alpha value is -2.50. The van der Waals surface area contributed by atoms with Gasteiger partial charge in [0.2, 0.25) is 0 Å². The first-order valence-corrected chi connectivity index (χ1v) is 8.15. The largest absolute Gasteiger partial charge is 0.492 e. The van der Waals surface area contributed by atoms with Crippen LogP contribution in [0.25, 0.3) is 0 Å². The van der Waals surface area contributed by atoms with E-state index in [9.17, 15) is 0 Å². The Labute approximate surface area is 143 Å². The molecule has 1 aromatic heterocycles. The van der Waals surface area contributed by atoms with Crippen LogP contribution in [0, 0.1) is 0 Å². The SMILES string of the molecule is CN=C(NCc1cc(C(C)C)no1)N(C)CCOc1ccccc1. The maximum atomic E-state index is 5.71. The van der Waals surface area contributed by atoms with E-state index in [2.05, 4.69) is 29.3 Å². The maximum absolute atomic E-state index is 5.71. The fraction of sp³-hybridized carbons (Fsp3) is 0.444. The zero-order valence-corrected chi connectivity index (χ0v) is 14.8. The van der Waals surface area contributed by atoms with E-state index >= 15 is 0 Å².